The van der Waals surface area contributed by atoms with Crippen molar-refractivity contribution in [3.63, 3.8) is 0 Å². The molecule has 0 aliphatic rings. The van der Waals surface area contributed by atoms with E-state index in [2.05, 4.69) is 14.8 Å². The van der Waals surface area contributed by atoms with Crippen molar-refractivity contribution in [1.82, 2.24) is 9.88 Å². The summed E-state index contributed by atoms with van der Waals surface area (Å²) in [6.07, 6.45) is 2.30. The maximum absolute atomic E-state index is 11.6. The molecule has 1 amide bonds. The van der Waals surface area contributed by atoms with Crippen LogP contribution in [0, 0.1) is 10.1 Å². The molecule has 104 valence electrons. The summed E-state index contributed by atoms with van der Waals surface area (Å²) in [5.74, 6) is 0. The summed E-state index contributed by atoms with van der Waals surface area (Å²) >= 11 is 7.81. The smallest absolute Gasteiger partial charge is 0.416 e. The van der Waals surface area contributed by atoms with Crippen LogP contribution in [0.2, 0.25) is 4.47 Å². The van der Waals surface area contributed by atoms with Gasteiger partial charge in [0.15, 0.2) is 9.50 Å². The predicted molar refractivity (Wildman–Crippen MR) is 73.0 cm³/mol. The van der Waals surface area contributed by atoms with Crippen LogP contribution in [0.15, 0.2) is 11.3 Å². The lowest BCUT2D eigenvalue weighted by molar-refractivity contribution is -0.485. The first-order valence-electron chi connectivity index (χ1n) is 4.70. The van der Waals surface area contributed by atoms with Crippen LogP contribution in [0.5, 0.6) is 0 Å². The van der Waals surface area contributed by atoms with Gasteiger partial charge in [-0.3, -0.25) is 0 Å². The van der Waals surface area contributed by atoms with Gasteiger partial charge in [0.1, 0.15) is 0 Å². The predicted octanol–water partition coefficient (Wildman–Crippen LogP) is 2.28. The molecule has 19 heavy (non-hydrogen) atoms. The van der Waals surface area contributed by atoms with Crippen molar-refractivity contribution < 1.29 is 14.6 Å². The third kappa shape index (κ3) is 4.65. The van der Waals surface area contributed by atoms with E-state index in [1.54, 1.807) is 6.26 Å². The molecule has 0 spiro atoms. The van der Waals surface area contributed by atoms with Gasteiger partial charge in [0.2, 0.25) is 5.17 Å². The first-order chi connectivity index (χ1) is 8.97. The highest BCUT2D eigenvalue weighted by Crippen LogP contribution is 2.21. The number of thioether (sulfide) groups is 1. The number of amides is 1. The molecule has 0 aliphatic carbocycles. The van der Waals surface area contributed by atoms with Crippen molar-refractivity contribution in [1.29, 1.82) is 0 Å². The molecule has 0 aliphatic heterocycles. The van der Waals surface area contributed by atoms with Crippen LogP contribution in [0.4, 0.5) is 4.79 Å². The van der Waals surface area contributed by atoms with Crippen LogP contribution in [0.1, 0.15) is 4.88 Å². The lowest BCUT2D eigenvalue weighted by Gasteiger charge is -2.18. The number of rotatable bonds is 3. The van der Waals surface area contributed by atoms with Crippen molar-refractivity contribution in [3.05, 3.63) is 25.7 Å². The molecule has 11 heteroatoms. The van der Waals surface area contributed by atoms with E-state index >= 15 is 0 Å². The molecule has 0 aromatic carbocycles. The molecule has 8 nitrogen and oxygen atoms in total. The topological polar surface area (TPSA) is 97.9 Å². The molecule has 0 N–H and O–H groups in total. The molecule has 1 aromatic rings. The van der Waals surface area contributed by atoms with Crippen LogP contribution in [-0.4, -0.2) is 39.5 Å². The number of carbonyl (C=O) groups is 1. The lowest BCUT2D eigenvalue weighted by atomic mass is 10.5. The average molecular weight is 325 g/mol. The van der Waals surface area contributed by atoms with Crippen molar-refractivity contribution in [2.24, 2.45) is 5.10 Å². The Morgan fingerprint density at radius 1 is 1.79 bits per heavy atom. The van der Waals surface area contributed by atoms with Gasteiger partial charge in [-0.15, -0.1) is 11.3 Å². The van der Waals surface area contributed by atoms with Gasteiger partial charge < -0.3 is 4.74 Å². The Morgan fingerprint density at radius 2 is 2.47 bits per heavy atom. The molecular formula is C8H9ClN4O4S2. The van der Waals surface area contributed by atoms with E-state index in [1.807, 2.05) is 0 Å². The van der Waals surface area contributed by atoms with Gasteiger partial charge in [0, 0.05) is 11.1 Å². The van der Waals surface area contributed by atoms with Crippen LogP contribution >= 0.6 is 34.7 Å². The van der Waals surface area contributed by atoms with Gasteiger partial charge in [-0.25, -0.2) is 24.8 Å². The summed E-state index contributed by atoms with van der Waals surface area (Å²) in [7, 11) is 1.18. The Bertz CT molecular complexity index is 507. The number of thiazole rings is 1. The molecular weight excluding hydrogens is 316 g/mol. The number of nitro groups is 1. The molecule has 1 rings (SSSR count). The third-order valence-electron chi connectivity index (χ3n) is 1.81. The standard InChI is InChI=1S/C8H9ClN4O4S2/c1-17-8(14)12(7(18-2)11-13(15)16)4-5-3-10-6(9)19-5/h3H,4H2,1-2H3/b11-7-. The maximum atomic E-state index is 11.6. The van der Waals surface area contributed by atoms with Gasteiger partial charge >= 0.3 is 6.09 Å². The number of hydrazone groups is 1. The van der Waals surface area contributed by atoms with Gasteiger partial charge in [0.05, 0.1) is 18.8 Å². The first-order valence-corrected chi connectivity index (χ1v) is 7.12. The van der Waals surface area contributed by atoms with E-state index in [0.717, 1.165) is 28.0 Å². The van der Waals surface area contributed by atoms with E-state index in [1.165, 1.54) is 13.3 Å². The van der Waals surface area contributed by atoms with E-state index in [0.29, 0.717) is 9.34 Å². The third-order valence-corrected chi connectivity index (χ3v) is 3.58. The van der Waals surface area contributed by atoms with Gasteiger partial charge in [-0.2, -0.15) is 0 Å². The van der Waals surface area contributed by atoms with Crippen molar-refractivity contribution in [2.45, 2.75) is 6.54 Å². The summed E-state index contributed by atoms with van der Waals surface area (Å²) in [5.41, 5.74) is 0. The highest BCUT2D eigenvalue weighted by Gasteiger charge is 2.24. The Labute approximate surface area is 121 Å². The maximum Gasteiger partial charge on any atom is 0.416 e. The van der Waals surface area contributed by atoms with E-state index in [4.69, 9.17) is 11.6 Å². The Morgan fingerprint density at radius 3 is 2.89 bits per heavy atom. The van der Waals surface area contributed by atoms with Gasteiger partial charge in [0.25, 0.3) is 0 Å². The second-order valence-electron chi connectivity index (χ2n) is 2.96. The minimum absolute atomic E-state index is 0.0462. The van der Waals surface area contributed by atoms with E-state index < -0.39 is 11.1 Å². The zero-order valence-electron chi connectivity index (χ0n) is 9.90. The number of methoxy groups -OCH3 is 1. The SMILES string of the molecule is COC(=O)N(Cc1cnc(Cl)s1)/C(=N/[N+](=O)[O-])SC. The number of hydrogen-bond donors (Lipinski definition) is 0. The number of hydrogen-bond acceptors (Lipinski definition) is 7. The Balaban J connectivity index is 3.00. The Kier molecular flexibility index (Phi) is 5.99. The largest absolute Gasteiger partial charge is 0.452 e. The number of nitrogens with zero attached hydrogens (tertiary/aromatic N) is 4. The molecule has 0 saturated heterocycles. The van der Waals surface area contributed by atoms with Crippen LogP contribution in [0.25, 0.3) is 0 Å². The van der Waals surface area contributed by atoms with Gasteiger partial charge in [-0.1, -0.05) is 23.4 Å². The second-order valence-corrected chi connectivity index (χ2v) is 5.43. The van der Waals surface area contributed by atoms with Crippen molar-refractivity contribution >= 4 is 46.0 Å². The normalized spacial score (nSPS) is 11.2. The molecule has 0 radical (unpaired) electrons. The molecule has 0 fully saturated rings. The highest BCUT2D eigenvalue weighted by molar-refractivity contribution is 8.13. The minimum atomic E-state index is -0.874. The van der Waals surface area contributed by atoms with Crippen molar-refractivity contribution in [3.8, 4) is 0 Å². The average Bonchev–Trinajstić information content (AvgIpc) is 2.78. The second kappa shape index (κ2) is 7.26. The summed E-state index contributed by atoms with van der Waals surface area (Å²) in [4.78, 5) is 27.6. The number of amidine groups is 1. The molecule has 1 aromatic heterocycles. The molecule has 0 unspecified atom stereocenters. The van der Waals surface area contributed by atoms with E-state index in [-0.39, 0.29) is 11.7 Å². The molecule has 0 atom stereocenters. The first kappa shape index (κ1) is 15.7. The fraction of sp³-hybridized carbons (Fsp3) is 0.375. The van der Waals surface area contributed by atoms with Crippen LogP contribution < -0.4 is 0 Å². The highest BCUT2D eigenvalue weighted by atomic mass is 35.5. The quantitative estimate of drug-likeness (QED) is 0.366. The zero-order valence-corrected chi connectivity index (χ0v) is 12.3. The molecule has 0 saturated carbocycles. The summed E-state index contributed by atoms with van der Waals surface area (Å²) < 4.78 is 4.89. The number of ether oxygens (including phenoxy) is 1. The molecule has 0 bridgehead atoms. The fourth-order valence-electron chi connectivity index (χ4n) is 1.11. The van der Waals surface area contributed by atoms with Crippen LogP contribution in [0.3, 0.4) is 0 Å². The van der Waals surface area contributed by atoms with E-state index in [9.17, 15) is 14.9 Å². The number of halogens is 1. The Hall–Kier alpha value is -1.39. The summed E-state index contributed by atoms with van der Waals surface area (Å²) in [6.45, 7) is 0.0462. The summed E-state index contributed by atoms with van der Waals surface area (Å²) in [6, 6.07) is 0. The fourth-order valence-corrected chi connectivity index (χ4v) is 2.58. The van der Waals surface area contributed by atoms with Gasteiger partial charge in [-0.05, 0) is 6.26 Å². The van der Waals surface area contributed by atoms with Crippen LogP contribution in [-0.2, 0) is 11.3 Å². The molecule has 1 heterocycles. The summed E-state index contributed by atoms with van der Waals surface area (Å²) in [5, 5.41) is 12.6. The monoisotopic (exact) mass is 324 g/mol. The lowest BCUT2D eigenvalue weighted by Crippen LogP contribution is -2.34. The number of carbonyl (C=O) groups excluding carboxylic acids is 1. The zero-order chi connectivity index (χ0) is 14.4. The minimum Gasteiger partial charge on any atom is -0.452 e. The van der Waals surface area contributed by atoms with Crippen molar-refractivity contribution in [2.75, 3.05) is 13.4 Å². The number of aromatic nitrogens is 1.